The monoisotopic (exact) mass is 484 g/mol. The van der Waals surface area contributed by atoms with Gasteiger partial charge < -0.3 is 15.7 Å². The number of nitrogens with one attached hydrogen (secondary N) is 2. The number of urea groups is 1. The van der Waals surface area contributed by atoms with E-state index in [2.05, 4.69) is 58.4 Å². The Hall–Kier alpha value is -0.600. The summed E-state index contributed by atoms with van der Waals surface area (Å²) in [7, 11) is 0. The SMILES string of the molecule is CC(C)C[C@H](NC(=O)Nc1c(Br)cc(Br)cc1Br)C(=O)O. The summed E-state index contributed by atoms with van der Waals surface area (Å²) in [6, 6.07) is 2.08. The van der Waals surface area contributed by atoms with Gasteiger partial charge >= 0.3 is 12.0 Å². The second kappa shape index (κ2) is 8.14. The minimum Gasteiger partial charge on any atom is -0.480 e. The molecule has 0 bridgehead atoms. The highest BCUT2D eigenvalue weighted by atomic mass is 79.9. The second-order valence-electron chi connectivity index (χ2n) is 4.86. The van der Waals surface area contributed by atoms with Crippen molar-refractivity contribution >= 4 is 65.5 Å². The molecular formula is C13H15Br3N2O3. The Morgan fingerprint density at radius 1 is 1.19 bits per heavy atom. The van der Waals surface area contributed by atoms with Crippen LogP contribution in [-0.2, 0) is 4.79 Å². The lowest BCUT2D eigenvalue weighted by Gasteiger charge is -2.18. The summed E-state index contributed by atoms with van der Waals surface area (Å²) in [6.07, 6.45) is 0.366. The Bertz CT molecular complexity index is 526. The van der Waals surface area contributed by atoms with Crippen molar-refractivity contribution in [2.24, 2.45) is 5.92 Å². The largest absolute Gasteiger partial charge is 0.480 e. The van der Waals surface area contributed by atoms with Crippen LogP contribution < -0.4 is 10.6 Å². The third-order valence-electron chi connectivity index (χ3n) is 2.56. The van der Waals surface area contributed by atoms with Crippen LogP contribution in [-0.4, -0.2) is 23.1 Å². The number of hydrogen-bond donors (Lipinski definition) is 3. The van der Waals surface area contributed by atoms with Crippen LogP contribution in [0.1, 0.15) is 20.3 Å². The predicted molar refractivity (Wildman–Crippen MR) is 92.6 cm³/mol. The Balaban J connectivity index is 2.79. The summed E-state index contributed by atoms with van der Waals surface area (Å²) in [4.78, 5) is 23.1. The number of rotatable bonds is 5. The van der Waals surface area contributed by atoms with E-state index < -0.39 is 18.0 Å². The van der Waals surface area contributed by atoms with Crippen molar-refractivity contribution in [1.29, 1.82) is 0 Å². The van der Waals surface area contributed by atoms with E-state index in [-0.39, 0.29) is 5.92 Å². The molecule has 0 saturated carbocycles. The molecule has 116 valence electrons. The van der Waals surface area contributed by atoms with Gasteiger partial charge in [0.05, 0.1) is 5.69 Å². The Morgan fingerprint density at radius 2 is 1.71 bits per heavy atom. The minimum absolute atomic E-state index is 0.164. The predicted octanol–water partition coefficient (Wildman–Crippen LogP) is 4.59. The molecule has 0 spiro atoms. The average molecular weight is 487 g/mol. The van der Waals surface area contributed by atoms with Gasteiger partial charge in [-0.3, -0.25) is 0 Å². The van der Waals surface area contributed by atoms with Crippen molar-refractivity contribution in [3.63, 3.8) is 0 Å². The molecule has 0 heterocycles. The van der Waals surface area contributed by atoms with E-state index in [1.54, 1.807) is 12.1 Å². The number of carboxylic acids is 1. The van der Waals surface area contributed by atoms with Gasteiger partial charge in [-0.25, -0.2) is 9.59 Å². The molecule has 1 aromatic rings. The maximum atomic E-state index is 12.0. The zero-order chi connectivity index (χ0) is 16.2. The summed E-state index contributed by atoms with van der Waals surface area (Å²) >= 11 is 10.0. The van der Waals surface area contributed by atoms with E-state index in [9.17, 15) is 9.59 Å². The van der Waals surface area contributed by atoms with Crippen LogP contribution in [0.15, 0.2) is 25.6 Å². The number of carbonyl (C=O) groups is 2. The standard InChI is InChI=1S/C13H15Br3N2O3/c1-6(2)3-10(12(19)20)17-13(21)18-11-8(15)4-7(14)5-9(11)16/h4-6,10H,3H2,1-2H3,(H,19,20)(H2,17,18,21)/t10-/m0/s1. The first-order valence-electron chi connectivity index (χ1n) is 6.15. The van der Waals surface area contributed by atoms with Gasteiger partial charge in [0, 0.05) is 13.4 Å². The Morgan fingerprint density at radius 3 is 2.14 bits per heavy atom. The average Bonchev–Trinajstić information content (AvgIpc) is 2.32. The highest BCUT2D eigenvalue weighted by Crippen LogP contribution is 2.34. The molecule has 0 fully saturated rings. The molecule has 0 aliphatic carbocycles. The van der Waals surface area contributed by atoms with E-state index in [1.807, 2.05) is 13.8 Å². The molecule has 0 aliphatic heterocycles. The van der Waals surface area contributed by atoms with E-state index in [4.69, 9.17) is 5.11 Å². The van der Waals surface area contributed by atoms with Gasteiger partial charge in [-0.05, 0) is 56.3 Å². The van der Waals surface area contributed by atoms with Crippen molar-refractivity contribution in [2.75, 3.05) is 5.32 Å². The molecule has 1 rings (SSSR count). The topological polar surface area (TPSA) is 78.4 Å². The highest BCUT2D eigenvalue weighted by Gasteiger charge is 2.21. The molecule has 0 aliphatic rings. The maximum Gasteiger partial charge on any atom is 0.326 e. The molecule has 8 heteroatoms. The number of aliphatic carboxylic acids is 1. The van der Waals surface area contributed by atoms with Gasteiger partial charge in [0.15, 0.2) is 0 Å². The number of hydrogen-bond acceptors (Lipinski definition) is 2. The number of carbonyl (C=O) groups excluding carboxylic acids is 1. The Kier molecular flexibility index (Phi) is 7.15. The van der Waals surface area contributed by atoms with Crippen molar-refractivity contribution < 1.29 is 14.7 Å². The van der Waals surface area contributed by atoms with E-state index in [0.29, 0.717) is 21.1 Å². The van der Waals surface area contributed by atoms with Crippen molar-refractivity contribution in [3.05, 3.63) is 25.6 Å². The van der Waals surface area contributed by atoms with Gasteiger partial charge in [-0.2, -0.15) is 0 Å². The lowest BCUT2D eigenvalue weighted by molar-refractivity contribution is -0.139. The number of halogens is 3. The fourth-order valence-corrected chi connectivity index (χ4v) is 4.12. The smallest absolute Gasteiger partial charge is 0.326 e. The van der Waals surface area contributed by atoms with Gasteiger partial charge in [-0.15, -0.1) is 0 Å². The molecule has 0 aromatic heterocycles. The number of anilines is 1. The van der Waals surface area contributed by atoms with Crippen LogP contribution in [0.2, 0.25) is 0 Å². The number of amides is 2. The fraction of sp³-hybridized carbons (Fsp3) is 0.385. The highest BCUT2D eigenvalue weighted by molar-refractivity contribution is 9.11. The minimum atomic E-state index is -1.05. The summed E-state index contributed by atoms with van der Waals surface area (Å²) < 4.78 is 2.19. The summed E-state index contributed by atoms with van der Waals surface area (Å²) in [5.41, 5.74) is 0.532. The summed E-state index contributed by atoms with van der Waals surface area (Å²) in [6.45, 7) is 3.80. The van der Waals surface area contributed by atoms with Crippen LogP contribution in [0.25, 0.3) is 0 Å². The second-order valence-corrected chi connectivity index (χ2v) is 7.49. The molecular weight excluding hydrogens is 472 g/mol. The maximum absolute atomic E-state index is 12.0. The normalized spacial score (nSPS) is 12.1. The van der Waals surface area contributed by atoms with Crippen LogP contribution in [0.4, 0.5) is 10.5 Å². The van der Waals surface area contributed by atoms with E-state index in [0.717, 1.165) is 4.47 Å². The van der Waals surface area contributed by atoms with Crippen LogP contribution in [0.3, 0.4) is 0 Å². The van der Waals surface area contributed by atoms with Crippen LogP contribution >= 0.6 is 47.8 Å². The van der Waals surface area contributed by atoms with Gasteiger partial charge in [0.2, 0.25) is 0 Å². The van der Waals surface area contributed by atoms with Crippen molar-refractivity contribution in [3.8, 4) is 0 Å². The first-order valence-corrected chi connectivity index (χ1v) is 8.53. The quantitative estimate of drug-likeness (QED) is 0.569. The Labute approximate surface area is 148 Å². The zero-order valence-electron chi connectivity index (χ0n) is 11.4. The molecule has 2 amide bonds. The van der Waals surface area contributed by atoms with Crippen LogP contribution in [0, 0.1) is 5.92 Å². The summed E-state index contributed by atoms with van der Waals surface area (Å²) in [5.74, 6) is -0.884. The van der Waals surface area contributed by atoms with E-state index in [1.165, 1.54) is 0 Å². The molecule has 0 unspecified atom stereocenters. The third kappa shape index (κ3) is 5.96. The lowest BCUT2D eigenvalue weighted by Crippen LogP contribution is -2.43. The molecule has 3 N–H and O–H groups in total. The first-order chi connectivity index (χ1) is 9.70. The summed E-state index contributed by atoms with van der Waals surface area (Å²) in [5, 5.41) is 14.2. The number of carboxylic acid groups (broad SMARTS) is 1. The molecule has 1 atom stereocenters. The molecule has 0 radical (unpaired) electrons. The lowest BCUT2D eigenvalue weighted by atomic mass is 10.0. The van der Waals surface area contributed by atoms with Crippen molar-refractivity contribution in [1.82, 2.24) is 5.32 Å². The van der Waals surface area contributed by atoms with Crippen LogP contribution in [0.5, 0.6) is 0 Å². The van der Waals surface area contributed by atoms with Crippen molar-refractivity contribution in [2.45, 2.75) is 26.3 Å². The van der Waals surface area contributed by atoms with Gasteiger partial charge in [-0.1, -0.05) is 29.8 Å². The number of benzene rings is 1. The molecule has 21 heavy (non-hydrogen) atoms. The van der Waals surface area contributed by atoms with Gasteiger partial charge in [0.25, 0.3) is 0 Å². The van der Waals surface area contributed by atoms with E-state index >= 15 is 0 Å². The van der Waals surface area contributed by atoms with Gasteiger partial charge in [0.1, 0.15) is 6.04 Å². The molecule has 5 nitrogen and oxygen atoms in total. The zero-order valence-corrected chi connectivity index (χ0v) is 16.2. The first kappa shape index (κ1) is 18.4. The fourth-order valence-electron chi connectivity index (χ4n) is 1.66. The molecule has 1 aromatic carbocycles. The molecule has 0 saturated heterocycles. The third-order valence-corrected chi connectivity index (χ3v) is 4.26.